The van der Waals surface area contributed by atoms with E-state index in [0.29, 0.717) is 11.5 Å². The fourth-order valence-corrected chi connectivity index (χ4v) is 4.70. The largest absolute Gasteiger partial charge is 0.401 e. The predicted molar refractivity (Wildman–Crippen MR) is 133 cm³/mol. The number of carbonyl (C=O) groups excluding carboxylic acids is 1. The first-order chi connectivity index (χ1) is 17.7. The molecule has 8 nitrogen and oxygen atoms in total. The minimum Gasteiger partial charge on any atom is -0.330 e. The number of benzene rings is 2. The Kier molecular flexibility index (Phi) is 6.46. The monoisotopic (exact) mass is 509 g/mol. The Balaban J connectivity index is 1.43. The maximum Gasteiger partial charge on any atom is 0.401 e. The van der Waals surface area contributed by atoms with Crippen LogP contribution < -0.4 is 10.6 Å². The first-order valence-electron chi connectivity index (χ1n) is 11.8. The number of carbonyl (C=O) groups is 1. The summed E-state index contributed by atoms with van der Waals surface area (Å²) in [5.74, 6) is 0.457. The van der Waals surface area contributed by atoms with E-state index in [4.69, 9.17) is 5.10 Å². The number of nitrogens with zero attached hydrogens (tertiary/aromatic N) is 5. The van der Waals surface area contributed by atoms with Crippen LogP contribution in [0.25, 0.3) is 16.9 Å². The molecule has 192 valence electrons. The summed E-state index contributed by atoms with van der Waals surface area (Å²) in [6, 6.07) is 15.4. The lowest BCUT2D eigenvalue weighted by Gasteiger charge is -2.35. The SMILES string of the molecule is Cc1c(-c2cnn(C)c2)nn(-c2ccccc2)c1NC(=O)NC1CN(CC(F)(F)F)Cc2ccccc21. The number of halogens is 3. The normalized spacial score (nSPS) is 15.9. The molecule has 0 bridgehead atoms. The molecule has 4 aromatic rings. The number of anilines is 1. The third-order valence-electron chi connectivity index (χ3n) is 6.31. The molecule has 0 saturated carbocycles. The Morgan fingerprint density at radius 2 is 1.84 bits per heavy atom. The molecule has 3 heterocycles. The molecule has 0 radical (unpaired) electrons. The van der Waals surface area contributed by atoms with Gasteiger partial charge in [-0.25, -0.2) is 9.48 Å². The molecule has 2 aromatic carbocycles. The fourth-order valence-electron chi connectivity index (χ4n) is 4.70. The average molecular weight is 510 g/mol. The highest BCUT2D eigenvalue weighted by Crippen LogP contribution is 2.32. The second-order valence-corrected chi connectivity index (χ2v) is 9.11. The molecule has 0 saturated heterocycles. The molecule has 5 rings (SSSR count). The summed E-state index contributed by atoms with van der Waals surface area (Å²) in [5, 5.41) is 14.7. The first kappa shape index (κ1) is 24.6. The summed E-state index contributed by atoms with van der Waals surface area (Å²) in [6.07, 6.45) is -0.799. The van der Waals surface area contributed by atoms with Gasteiger partial charge in [-0.3, -0.25) is 14.9 Å². The molecule has 2 aromatic heterocycles. The topological polar surface area (TPSA) is 80.0 Å². The van der Waals surface area contributed by atoms with Gasteiger partial charge >= 0.3 is 12.2 Å². The number of alkyl halides is 3. The smallest absolute Gasteiger partial charge is 0.330 e. The second-order valence-electron chi connectivity index (χ2n) is 9.11. The molecule has 37 heavy (non-hydrogen) atoms. The molecule has 1 unspecified atom stereocenters. The summed E-state index contributed by atoms with van der Waals surface area (Å²) < 4.78 is 42.7. The van der Waals surface area contributed by atoms with E-state index in [1.807, 2.05) is 62.6 Å². The maximum absolute atomic E-state index is 13.2. The lowest BCUT2D eigenvalue weighted by Crippen LogP contribution is -2.46. The highest BCUT2D eigenvalue weighted by molar-refractivity contribution is 5.91. The standard InChI is InChI=1S/C26H26F3N7O/c1-17-23(19-12-30-34(2)13-19)33-36(20-9-4-3-5-10-20)24(17)32-25(37)31-22-15-35(16-26(27,28)29)14-18-8-6-7-11-21(18)22/h3-13,22H,14-16H2,1-2H3,(H2,31,32,37). The van der Waals surface area contributed by atoms with Crippen molar-refractivity contribution in [2.24, 2.45) is 7.05 Å². The van der Waals surface area contributed by atoms with E-state index in [1.54, 1.807) is 27.7 Å². The van der Waals surface area contributed by atoms with Crippen molar-refractivity contribution >= 4 is 11.8 Å². The Labute approximate surface area is 211 Å². The number of aromatic nitrogens is 4. The number of nitrogens with one attached hydrogen (secondary N) is 2. The van der Waals surface area contributed by atoms with Gasteiger partial charge in [0.05, 0.1) is 24.5 Å². The molecule has 2 amide bonds. The molecule has 0 aliphatic carbocycles. The lowest BCUT2D eigenvalue weighted by atomic mass is 9.95. The van der Waals surface area contributed by atoms with Crippen LogP contribution >= 0.6 is 0 Å². The van der Waals surface area contributed by atoms with Crippen LogP contribution in [-0.2, 0) is 13.6 Å². The fraction of sp³-hybridized carbons (Fsp3) is 0.269. The number of amides is 2. The lowest BCUT2D eigenvalue weighted by molar-refractivity contribution is -0.148. The predicted octanol–water partition coefficient (Wildman–Crippen LogP) is 4.82. The van der Waals surface area contributed by atoms with Crippen LogP contribution in [0, 0.1) is 6.92 Å². The van der Waals surface area contributed by atoms with Crippen LogP contribution in [-0.4, -0.2) is 49.8 Å². The van der Waals surface area contributed by atoms with Crippen molar-refractivity contribution in [2.45, 2.75) is 25.7 Å². The van der Waals surface area contributed by atoms with Crippen molar-refractivity contribution in [3.8, 4) is 16.9 Å². The molecule has 1 atom stereocenters. The number of urea groups is 1. The number of rotatable bonds is 5. The summed E-state index contributed by atoms with van der Waals surface area (Å²) in [7, 11) is 1.81. The van der Waals surface area contributed by atoms with Gasteiger partial charge in [0.25, 0.3) is 0 Å². The van der Waals surface area contributed by atoms with Gasteiger partial charge in [0.2, 0.25) is 0 Å². The zero-order chi connectivity index (χ0) is 26.2. The average Bonchev–Trinajstić information content (AvgIpc) is 3.41. The minimum atomic E-state index is -4.33. The highest BCUT2D eigenvalue weighted by Gasteiger charge is 2.35. The van der Waals surface area contributed by atoms with Crippen molar-refractivity contribution in [3.63, 3.8) is 0 Å². The van der Waals surface area contributed by atoms with Crippen molar-refractivity contribution in [1.29, 1.82) is 0 Å². The third-order valence-corrected chi connectivity index (χ3v) is 6.31. The molecule has 2 N–H and O–H groups in total. The van der Waals surface area contributed by atoms with E-state index in [0.717, 1.165) is 27.9 Å². The third kappa shape index (κ3) is 5.36. The molecule has 0 fully saturated rings. The molecule has 11 heteroatoms. The summed E-state index contributed by atoms with van der Waals surface area (Å²) >= 11 is 0. The molecule has 1 aliphatic rings. The Morgan fingerprint density at radius 1 is 1.11 bits per heavy atom. The van der Waals surface area contributed by atoms with Crippen LogP contribution in [0.5, 0.6) is 0 Å². The quantitative estimate of drug-likeness (QED) is 0.404. The molecular formula is C26H26F3N7O. The van der Waals surface area contributed by atoms with Gasteiger partial charge in [0.15, 0.2) is 0 Å². The number of hydrogen-bond acceptors (Lipinski definition) is 4. The van der Waals surface area contributed by atoms with E-state index in [2.05, 4.69) is 15.7 Å². The van der Waals surface area contributed by atoms with E-state index in [-0.39, 0.29) is 13.1 Å². The van der Waals surface area contributed by atoms with E-state index in [9.17, 15) is 18.0 Å². The molecule has 0 spiro atoms. The van der Waals surface area contributed by atoms with Gasteiger partial charge in [0.1, 0.15) is 11.5 Å². The summed E-state index contributed by atoms with van der Waals surface area (Å²) in [4.78, 5) is 14.5. The van der Waals surface area contributed by atoms with Crippen LogP contribution in [0.2, 0.25) is 0 Å². The first-order valence-corrected chi connectivity index (χ1v) is 11.8. The van der Waals surface area contributed by atoms with Crippen molar-refractivity contribution in [2.75, 3.05) is 18.4 Å². The van der Waals surface area contributed by atoms with Crippen LogP contribution in [0.3, 0.4) is 0 Å². The van der Waals surface area contributed by atoms with Crippen LogP contribution in [0.1, 0.15) is 22.7 Å². The van der Waals surface area contributed by atoms with Gasteiger partial charge in [-0.1, -0.05) is 42.5 Å². The summed E-state index contributed by atoms with van der Waals surface area (Å²) in [6.45, 7) is 1.02. The van der Waals surface area contributed by atoms with Crippen molar-refractivity contribution < 1.29 is 18.0 Å². The number of hydrogen-bond donors (Lipinski definition) is 2. The van der Waals surface area contributed by atoms with Crippen molar-refractivity contribution in [1.82, 2.24) is 29.8 Å². The van der Waals surface area contributed by atoms with Gasteiger partial charge in [0, 0.05) is 37.5 Å². The molecule has 1 aliphatic heterocycles. The summed E-state index contributed by atoms with van der Waals surface area (Å²) in [5.41, 5.74) is 4.49. The van der Waals surface area contributed by atoms with E-state index >= 15 is 0 Å². The van der Waals surface area contributed by atoms with Crippen molar-refractivity contribution in [3.05, 3.63) is 83.7 Å². The van der Waals surface area contributed by atoms with E-state index in [1.165, 1.54) is 4.90 Å². The highest BCUT2D eigenvalue weighted by atomic mass is 19.4. The Bertz CT molecular complexity index is 1410. The Morgan fingerprint density at radius 3 is 2.54 bits per heavy atom. The zero-order valence-electron chi connectivity index (χ0n) is 20.3. The van der Waals surface area contributed by atoms with Gasteiger partial charge in [-0.05, 0) is 30.2 Å². The molecular weight excluding hydrogens is 483 g/mol. The van der Waals surface area contributed by atoms with Gasteiger partial charge < -0.3 is 5.32 Å². The van der Waals surface area contributed by atoms with Crippen LogP contribution in [0.4, 0.5) is 23.8 Å². The van der Waals surface area contributed by atoms with Crippen LogP contribution in [0.15, 0.2) is 67.0 Å². The number of aryl methyl sites for hydroxylation is 1. The van der Waals surface area contributed by atoms with Gasteiger partial charge in [-0.2, -0.15) is 23.4 Å². The number of fused-ring (bicyclic) bond motifs is 1. The second kappa shape index (κ2) is 9.74. The van der Waals surface area contributed by atoms with E-state index < -0.39 is 24.8 Å². The minimum absolute atomic E-state index is 0.0435. The van der Waals surface area contributed by atoms with Gasteiger partial charge in [-0.15, -0.1) is 0 Å². The zero-order valence-corrected chi connectivity index (χ0v) is 20.3. The Hall–Kier alpha value is -4.12. The number of para-hydroxylation sites is 1. The maximum atomic E-state index is 13.2.